The van der Waals surface area contributed by atoms with E-state index in [0.29, 0.717) is 12.8 Å². The SMILES string of the molecule is NC(=O)[C@H](CCC(=O)O)N(C(=O)OCC1c2ccccc2-c2ccccc21)C1Cc2ccccc2C1. The molecule has 0 saturated heterocycles. The number of nitrogens with zero attached hydrogens (tertiary/aromatic N) is 1. The lowest BCUT2D eigenvalue weighted by Gasteiger charge is -2.34. The number of amides is 2. The van der Waals surface area contributed by atoms with Gasteiger partial charge in [-0.3, -0.25) is 14.5 Å². The molecule has 3 aromatic rings. The van der Waals surface area contributed by atoms with Gasteiger partial charge in [0.15, 0.2) is 0 Å². The van der Waals surface area contributed by atoms with Crippen LogP contribution in [0.1, 0.15) is 41.0 Å². The van der Waals surface area contributed by atoms with Crippen LogP contribution in [0.5, 0.6) is 0 Å². The van der Waals surface area contributed by atoms with Crippen LogP contribution in [0.4, 0.5) is 4.79 Å². The second-order valence-electron chi connectivity index (χ2n) is 9.39. The van der Waals surface area contributed by atoms with Crippen molar-refractivity contribution in [1.82, 2.24) is 4.90 Å². The summed E-state index contributed by atoms with van der Waals surface area (Å²) in [5, 5.41) is 9.22. The summed E-state index contributed by atoms with van der Waals surface area (Å²) in [5.74, 6) is -1.92. The molecular formula is C29H28N2O5. The highest BCUT2D eigenvalue weighted by Gasteiger charge is 2.39. The van der Waals surface area contributed by atoms with E-state index in [1.807, 2.05) is 60.7 Å². The van der Waals surface area contributed by atoms with Crippen LogP contribution < -0.4 is 5.73 Å². The Labute approximate surface area is 209 Å². The van der Waals surface area contributed by atoms with Gasteiger partial charge in [-0.05, 0) is 52.6 Å². The number of aliphatic carboxylic acids is 1. The minimum absolute atomic E-state index is 0.0678. The Bertz CT molecular complexity index is 1250. The van der Waals surface area contributed by atoms with Crippen molar-refractivity contribution in [3.63, 3.8) is 0 Å². The summed E-state index contributed by atoms with van der Waals surface area (Å²) < 4.78 is 5.88. The van der Waals surface area contributed by atoms with E-state index in [1.54, 1.807) is 0 Å². The first-order valence-corrected chi connectivity index (χ1v) is 12.1. The van der Waals surface area contributed by atoms with Crippen molar-refractivity contribution in [3.05, 3.63) is 95.1 Å². The van der Waals surface area contributed by atoms with E-state index < -0.39 is 24.0 Å². The minimum Gasteiger partial charge on any atom is -0.481 e. The van der Waals surface area contributed by atoms with Gasteiger partial charge in [-0.25, -0.2) is 4.79 Å². The Morgan fingerprint density at radius 3 is 1.94 bits per heavy atom. The highest BCUT2D eigenvalue weighted by Crippen LogP contribution is 2.44. The van der Waals surface area contributed by atoms with Gasteiger partial charge in [0, 0.05) is 18.4 Å². The molecule has 2 amide bonds. The van der Waals surface area contributed by atoms with E-state index in [9.17, 15) is 19.5 Å². The summed E-state index contributed by atoms with van der Waals surface area (Å²) in [6, 6.07) is 22.6. The van der Waals surface area contributed by atoms with Crippen molar-refractivity contribution < 1.29 is 24.2 Å². The number of carbonyl (C=O) groups excluding carboxylic acids is 2. The lowest BCUT2D eigenvalue weighted by Crippen LogP contribution is -2.53. The van der Waals surface area contributed by atoms with Gasteiger partial charge in [0.25, 0.3) is 0 Å². The van der Waals surface area contributed by atoms with Gasteiger partial charge in [-0.2, -0.15) is 0 Å². The van der Waals surface area contributed by atoms with Crippen LogP contribution in [0.15, 0.2) is 72.8 Å². The molecule has 1 atom stereocenters. The molecule has 7 nitrogen and oxygen atoms in total. The number of benzene rings is 3. The third-order valence-corrected chi connectivity index (χ3v) is 7.27. The molecule has 3 N–H and O–H groups in total. The molecule has 0 heterocycles. The Hall–Kier alpha value is -4.13. The first-order chi connectivity index (χ1) is 17.4. The molecule has 0 aliphatic heterocycles. The zero-order chi connectivity index (χ0) is 25.2. The minimum atomic E-state index is -1.07. The molecule has 2 aliphatic carbocycles. The summed E-state index contributed by atoms with van der Waals surface area (Å²) in [4.78, 5) is 38.7. The van der Waals surface area contributed by atoms with Crippen LogP contribution in [-0.4, -0.2) is 46.7 Å². The molecule has 2 aliphatic rings. The van der Waals surface area contributed by atoms with Crippen molar-refractivity contribution in [3.8, 4) is 11.1 Å². The fourth-order valence-electron chi connectivity index (χ4n) is 5.61. The quantitative estimate of drug-likeness (QED) is 0.500. The largest absolute Gasteiger partial charge is 0.481 e. The molecule has 0 spiro atoms. The second-order valence-corrected chi connectivity index (χ2v) is 9.39. The lowest BCUT2D eigenvalue weighted by atomic mass is 9.98. The van der Waals surface area contributed by atoms with Gasteiger partial charge in [-0.15, -0.1) is 0 Å². The van der Waals surface area contributed by atoms with E-state index in [1.165, 1.54) is 4.90 Å². The molecule has 7 heteroatoms. The molecule has 3 aromatic carbocycles. The van der Waals surface area contributed by atoms with Crippen LogP contribution in [-0.2, 0) is 27.2 Å². The third kappa shape index (κ3) is 4.44. The summed E-state index contributed by atoms with van der Waals surface area (Å²) >= 11 is 0. The van der Waals surface area contributed by atoms with Crippen molar-refractivity contribution in [2.45, 2.75) is 43.7 Å². The fraction of sp³-hybridized carbons (Fsp3) is 0.276. The average Bonchev–Trinajstić information content (AvgIpc) is 3.44. The van der Waals surface area contributed by atoms with Crippen molar-refractivity contribution >= 4 is 18.0 Å². The number of carboxylic acids is 1. The normalized spacial score (nSPS) is 15.0. The average molecular weight is 485 g/mol. The number of ether oxygens (including phenoxy) is 1. The highest BCUT2D eigenvalue weighted by atomic mass is 16.6. The van der Waals surface area contributed by atoms with E-state index in [2.05, 4.69) is 12.1 Å². The molecular weight excluding hydrogens is 456 g/mol. The van der Waals surface area contributed by atoms with Gasteiger partial charge in [0.05, 0.1) is 0 Å². The topological polar surface area (TPSA) is 110 Å². The van der Waals surface area contributed by atoms with Crippen molar-refractivity contribution in [2.24, 2.45) is 5.73 Å². The molecule has 36 heavy (non-hydrogen) atoms. The standard InChI is InChI=1S/C29H28N2O5/c30-28(34)26(13-14-27(32)33)31(20-15-18-7-1-2-8-19(18)16-20)29(35)36-17-25-23-11-5-3-9-21(23)22-10-4-6-12-24(22)25/h1-12,20,25-26H,13-17H2,(H2,30,34)(H,32,33)/t26-/m0/s1. The van der Waals surface area contributed by atoms with Crippen LogP contribution >= 0.6 is 0 Å². The lowest BCUT2D eigenvalue weighted by molar-refractivity contribution is -0.137. The molecule has 0 aromatic heterocycles. The molecule has 0 bridgehead atoms. The molecule has 0 radical (unpaired) electrons. The van der Waals surface area contributed by atoms with Gasteiger partial charge in [0.2, 0.25) is 5.91 Å². The summed E-state index contributed by atoms with van der Waals surface area (Å²) in [7, 11) is 0. The van der Waals surface area contributed by atoms with E-state index in [0.717, 1.165) is 33.4 Å². The van der Waals surface area contributed by atoms with Crippen LogP contribution in [0, 0.1) is 0 Å². The zero-order valence-electron chi connectivity index (χ0n) is 19.8. The fourth-order valence-corrected chi connectivity index (χ4v) is 5.61. The number of hydrogen-bond acceptors (Lipinski definition) is 4. The van der Waals surface area contributed by atoms with E-state index >= 15 is 0 Å². The maximum Gasteiger partial charge on any atom is 0.410 e. The van der Waals surface area contributed by atoms with Crippen LogP contribution in [0.25, 0.3) is 11.1 Å². The first kappa shape index (κ1) is 23.6. The van der Waals surface area contributed by atoms with Crippen molar-refractivity contribution in [1.29, 1.82) is 0 Å². The maximum absolute atomic E-state index is 13.6. The summed E-state index contributed by atoms with van der Waals surface area (Å²) in [6.45, 7) is 0.105. The molecule has 0 unspecified atom stereocenters. The zero-order valence-corrected chi connectivity index (χ0v) is 19.8. The van der Waals surface area contributed by atoms with Crippen LogP contribution in [0.3, 0.4) is 0 Å². The number of hydrogen-bond donors (Lipinski definition) is 2. The number of carbonyl (C=O) groups is 3. The third-order valence-electron chi connectivity index (χ3n) is 7.27. The predicted octanol–water partition coefficient (Wildman–Crippen LogP) is 4.12. The molecule has 0 fully saturated rings. The smallest absolute Gasteiger partial charge is 0.410 e. The van der Waals surface area contributed by atoms with Crippen molar-refractivity contribution in [2.75, 3.05) is 6.61 Å². The Balaban J connectivity index is 1.40. The Morgan fingerprint density at radius 1 is 0.889 bits per heavy atom. The number of carboxylic acid groups (broad SMARTS) is 1. The van der Waals surface area contributed by atoms with Gasteiger partial charge in [0.1, 0.15) is 12.6 Å². The number of rotatable bonds is 8. The Kier molecular flexibility index (Phi) is 6.46. The predicted molar refractivity (Wildman–Crippen MR) is 134 cm³/mol. The molecule has 5 rings (SSSR count). The maximum atomic E-state index is 13.6. The van der Waals surface area contributed by atoms with E-state index in [4.69, 9.17) is 10.5 Å². The molecule has 184 valence electrons. The summed E-state index contributed by atoms with van der Waals surface area (Å²) in [5.41, 5.74) is 12.3. The van der Waals surface area contributed by atoms with Gasteiger partial charge >= 0.3 is 12.1 Å². The highest BCUT2D eigenvalue weighted by molar-refractivity contribution is 5.85. The number of primary amides is 1. The van der Waals surface area contributed by atoms with Crippen LogP contribution in [0.2, 0.25) is 0 Å². The Morgan fingerprint density at radius 2 is 1.42 bits per heavy atom. The van der Waals surface area contributed by atoms with Gasteiger partial charge < -0.3 is 15.6 Å². The van der Waals surface area contributed by atoms with Gasteiger partial charge in [-0.1, -0.05) is 72.8 Å². The number of nitrogens with two attached hydrogens (primary N) is 1. The summed E-state index contributed by atoms with van der Waals surface area (Å²) in [6.07, 6.45) is 0.111. The first-order valence-electron chi connectivity index (χ1n) is 12.1. The molecule has 0 saturated carbocycles. The monoisotopic (exact) mass is 484 g/mol. The van der Waals surface area contributed by atoms with E-state index in [-0.39, 0.29) is 31.4 Å². The second kappa shape index (κ2) is 9.85. The number of fused-ring (bicyclic) bond motifs is 4.